The summed E-state index contributed by atoms with van der Waals surface area (Å²) in [7, 11) is 0. The summed E-state index contributed by atoms with van der Waals surface area (Å²) >= 11 is 2.66. The number of rotatable bonds is 4. The van der Waals surface area contributed by atoms with Crippen molar-refractivity contribution in [2.24, 2.45) is 5.84 Å². The number of nitrogens with zero attached hydrogens (tertiary/aromatic N) is 6. The normalized spacial score (nSPS) is 15.2. The first-order valence-electron chi connectivity index (χ1n) is 6.28. The second-order valence-corrected chi connectivity index (χ2v) is 6.16. The van der Waals surface area contributed by atoms with E-state index in [1.165, 1.54) is 23.3 Å². The van der Waals surface area contributed by atoms with Crippen LogP contribution in [0.3, 0.4) is 0 Å². The van der Waals surface area contributed by atoms with Crippen molar-refractivity contribution in [2.75, 3.05) is 36.6 Å². The van der Waals surface area contributed by atoms with Crippen molar-refractivity contribution < 1.29 is 4.74 Å². The molecule has 0 aliphatic carbocycles. The van der Waals surface area contributed by atoms with Crippen LogP contribution >= 0.6 is 23.3 Å². The molecule has 11 heteroatoms. The molecule has 3 N–H and O–H groups in total. The Morgan fingerprint density at radius 2 is 2.05 bits per heavy atom. The number of hydrogen-bond donors (Lipinski definition) is 2. The highest BCUT2D eigenvalue weighted by Crippen LogP contribution is 2.27. The molecule has 0 aromatic carbocycles. The summed E-state index contributed by atoms with van der Waals surface area (Å²) in [5.74, 6) is 7.09. The average molecular weight is 326 g/mol. The summed E-state index contributed by atoms with van der Waals surface area (Å²) in [5, 5.41) is 0.538. The highest BCUT2D eigenvalue weighted by atomic mass is 32.2. The van der Waals surface area contributed by atoms with E-state index in [1.54, 1.807) is 0 Å². The van der Waals surface area contributed by atoms with Gasteiger partial charge in [-0.3, -0.25) is 5.43 Å². The van der Waals surface area contributed by atoms with Gasteiger partial charge in [-0.05, 0) is 30.2 Å². The van der Waals surface area contributed by atoms with Crippen molar-refractivity contribution in [2.45, 2.75) is 16.4 Å². The molecule has 1 aliphatic rings. The van der Waals surface area contributed by atoms with Crippen LogP contribution in [-0.2, 0) is 4.74 Å². The van der Waals surface area contributed by atoms with Crippen molar-refractivity contribution in [1.29, 1.82) is 0 Å². The van der Waals surface area contributed by atoms with E-state index in [9.17, 15) is 0 Å². The van der Waals surface area contributed by atoms with Gasteiger partial charge in [-0.25, -0.2) is 10.8 Å². The lowest BCUT2D eigenvalue weighted by Crippen LogP contribution is -2.37. The van der Waals surface area contributed by atoms with Gasteiger partial charge < -0.3 is 9.64 Å². The molecule has 0 radical (unpaired) electrons. The molecular weight excluding hydrogens is 312 g/mol. The monoisotopic (exact) mass is 326 g/mol. The standard InChI is InChI=1S/C10H14N8OS2/c1-6-12-10(21-17-6)20-9-14-7(16-11)13-8(15-9)18-2-4-19-5-3-18/h2-5,11H2,1H3,(H,13,14,15,16). The smallest absolute Gasteiger partial charge is 0.242 e. The molecule has 21 heavy (non-hydrogen) atoms. The van der Waals surface area contributed by atoms with E-state index in [0.717, 1.165) is 23.3 Å². The number of ether oxygens (including phenoxy) is 1. The lowest BCUT2D eigenvalue weighted by molar-refractivity contribution is 0.122. The van der Waals surface area contributed by atoms with E-state index in [0.29, 0.717) is 30.3 Å². The Morgan fingerprint density at radius 1 is 1.24 bits per heavy atom. The molecule has 3 heterocycles. The number of aryl methyl sites for hydroxylation is 1. The van der Waals surface area contributed by atoms with Crippen LogP contribution < -0.4 is 16.2 Å². The van der Waals surface area contributed by atoms with Crippen molar-refractivity contribution >= 4 is 35.2 Å². The van der Waals surface area contributed by atoms with Crippen LogP contribution in [0.5, 0.6) is 0 Å². The maximum atomic E-state index is 5.43. The second kappa shape index (κ2) is 6.47. The molecule has 1 fully saturated rings. The van der Waals surface area contributed by atoms with Crippen LogP contribution in [0.2, 0.25) is 0 Å². The minimum absolute atomic E-state index is 0.329. The van der Waals surface area contributed by atoms with Gasteiger partial charge in [-0.2, -0.15) is 19.3 Å². The fourth-order valence-electron chi connectivity index (χ4n) is 1.76. The Hall–Kier alpha value is -1.56. The first-order valence-corrected chi connectivity index (χ1v) is 7.87. The highest BCUT2D eigenvalue weighted by molar-refractivity contribution is 8.00. The van der Waals surface area contributed by atoms with Gasteiger partial charge in [0.2, 0.25) is 17.1 Å². The second-order valence-electron chi connectivity index (χ2n) is 4.19. The molecule has 0 atom stereocenters. The van der Waals surface area contributed by atoms with Crippen LogP contribution in [0.15, 0.2) is 9.50 Å². The highest BCUT2D eigenvalue weighted by Gasteiger charge is 2.17. The van der Waals surface area contributed by atoms with Crippen molar-refractivity contribution in [3.63, 3.8) is 0 Å². The van der Waals surface area contributed by atoms with Gasteiger partial charge in [-0.15, -0.1) is 0 Å². The molecule has 0 saturated carbocycles. The Labute approximate surface area is 129 Å². The zero-order chi connectivity index (χ0) is 14.7. The van der Waals surface area contributed by atoms with Gasteiger partial charge in [0.25, 0.3) is 0 Å². The Morgan fingerprint density at radius 3 is 2.71 bits per heavy atom. The van der Waals surface area contributed by atoms with Gasteiger partial charge in [-0.1, -0.05) is 0 Å². The SMILES string of the molecule is Cc1nsc(Sc2nc(NN)nc(N3CCOCC3)n2)n1. The van der Waals surface area contributed by atoms with Crippen LogP contribution in [0.1, 0.15) is 5.82 Å². The van der Waals surface area contributed by atoms with Crippen molar-refractivity contribution in [3.8, 4) is 0 Å². The minimum atomic E-state index is 0.329. The number of nitrogens with one attached hydrogen (secondary N) is 1. The average Bonchev–Trinajstić information content (AvgIpc) is 2.93. The number of hydrogen-bond acceptors (Lipinski definition) is 11. The molecule has 0 spiro atoms. The van der Waals surface area contributed by atoms with E-state index in [1.807, 2.05) is 11.8 Å². The summed E-state index contributed by atoms with van der Waals surface area (Å²) in [6.07, 6.45) is 0. The number of morpholine rings is 1. The van der Waals surface area contributed by atoms with Crippen molar-refractivity contribution in [1.82, 2.24) is 24.3 Å². The first kappa shape index (κ1) is 14.4. The number of nitrogen functional groups attached to an aromatic ring is 1. The number of anilines is 2. The van der Waals surface area contributed by atoms with Crippen LogP contribution in [-0.4, -0.2) is 50.6 Å². The van der Waals surface area contributed by atoms with Gasteiger partial charge in [0.15, 0.2) is 4.34 Å². The molecule has 2 aromatic rings. The molecule has 0 unspecified atom stereocenters. The zero-order valence-corrected chi connectivity index (χ0v) is 12.9. The summed E-state index contributed by atoms with van der Waals surface area (Å²) in [4.78, 5) is 19.3. The van der Waals surface area contributed by atoms with Gasteiger partial charge in [0.1, 0.15) is 5.82 Å². The molecule has 1 saturated heterocycles. The number of nitrogens with two attached hydrogens (primary N) is 1. The molecule has 0 amide bonds. The molecule has 2 aromatic heterocycles. The third kappa shape index (κ3) is 3.56. The fourth-order valence-corrected chi connectivity index (χ4v) is 3.26. The summed E-state index contributed by atoms with van der Waals surface area (Å²) in [6, 6.07) is 0. The fraction of sp³-hybridized carbons (Fsp3) is 0.500. The predicted molar refractivity (Wildman–Crippen MR) is 79.4 cm³/mol. The summed E-state index contributed by atoms with van der Waals surface area (Å²) < 4.78 is 10.3. The number of aromatic nitrogens is 5. The van der Waals surface area contributed by atoms with Crippen LogP contribution in [0.4, 0.5) is 11.9 Å². The molecular formula is C10H14N8OS2. The molecule has 1 aliphatic heterocycles. The Bertz CT molecular complexity index is 615. The van der Waals surface area contributed by atoms with E-state index < -0.39 is 0 Å². The lowest BCUT2D eigenvalue weighted by Gasteiger charge is -2.26. The zero-order valence-electron chi connectivity index (χ0n) is 11.3. The van der Waals surface area contributed by atoms with E-state index >= 15 is 0 Å². The molecule has 3 rings (SSSR count). The lowest BCUT2D eigenvalue weighted by atomic mass is 10.4. The van der Waals surface area contributed by atoms with E-state index in [-0.39, 0.29) is 0 Å². The third-order valence-corrected chi connectivity index (χ3v) is 4.42. The van der Waals surface area contributed by atoms with Gasteiger partial charge >= 0.3 is 0 Å². The quantitative estimate of drug-likeness (QED) is 0.600. The topological polar surface area (TPSA) is 115 Å². The molecule has 0 bridgehead atoms. The summed E-state index contributed by atoms with van der Waals surface area (Å²) in [6.45, 7) is 4.66. The van der Waals surface area contributed by atoms with Gasteiger partial charge in [0.05, 0.1) is 13.2 Å². The van der Waals surface area contributed by atoms with E-state index in [4.69, 9.17) is 10.6 Å². The molecule has 112 valence electrons. The molecule has 9 nitrogen and oxygen atoms in total. The number of hydrazine groups is 1. The summed E-state index contributed by atoms with van der Waals surface area (Å²) in [5.41, 5.74) is 2.47. The maximum Gasteiger partial charge on any atom is 0.242 e. The largest absolute Gasteiger partial charge is 0.378 e. The maximum absolute atomic E-state index is 5.43. The van der Waals surface area contributed by atoms with Gasteiger partial charge in [0, 0.05) is 13.1 Å². The van der Waals surface area contributed by atoms with Crippen LogP contribution in [0.25, 0.3) is 0 Å². The third-order valence-electron chi connectivity index (χ3n) is 2.71. The Kier molecular flexibility index (Phi) is 4.43. The van der Waals surface area contributed by atoms with E-state index in [2.05, 4.69) is 29.7 Å². The Balaban J connectivity index is 1.85. The first-order chi connectivity index (χ1) is 10.2. The minimum Gasteiger partial charge on any atom is -0.378 e. The van der Waals surface area contributed by atoms with Crippen molar-refractivity contribution in [3.05, 3.63) is 5.82 Å². The predicted octanol–water partition coefficient (Wildman–Crippen LogP) is 0.305. The van der Waals surface area contributed by atoms with Crippen LogP contribution in [0, 0.1) is 6.92 Å².